The van der Waals surface area contributed by atoms with E-state index in [2.05, 4.69) is 0 Å². The van der Waals surface area contributed by atoms with Gasteiger partial charge in [-0.2, -0.15) is 0 Å². The minimum Gasteiger partial charge on any atom is -0.445 e. The Morgan fingerprint density at radius 2 is 1.84 bits per heavy atom. The highest BCUT2D eigenvalue weighted by atomic mass is 19.1. The van der Waals surface area contributed by atoms with Crippen LogP contribution in [0.2, 0.25) is 0 Å². The van der Waals surface area contributed by atoms with Crippen molar-refractivity contribution >= 4 is 6.09 Å². The monoisotopic (exact) mass is 265 g/mol. The van der Waals surface area contributed by atoms with Crippen molar-refractivity contribution in [3.8, 4) is 0 Å². The summed E-state index contributed by atoms with van der Waals surface area (Å²) in [6.45, 7) is 4.78. The van der Waals surface area contributed by atoms with Crippen LogP contribution in [0.25, 0.3) is 0 Å². The van der Waals surface area contributed by atoms with Gasteiger partial charge in [-0.3, -0.25) is 0 Å². The van der Waals surface area contributed by atoms with E-state index in [0.717, 1.165) is 5.56 Å². The van der Waals surface area contributed by atoms with E-state index < -0.39 is 6.17 Å². The fourth-order valence-corrected chi connectivity index (χ4v) is 2.49. The number of ether oxygens (including phenoxy) is 1. The molecule has 1 aliphatic rings. The molecule has 1 amide bonds. The number of hydrogen-bond acceptors (Lipinski definition) is 2. The fourth-order valence-electron chi connectivity index (χ4n) is 2.49. The number of likely N-dealkylation sites (tertiary alicyclic amines) is 1. The molecule has 0 saturated carbocycles. The Hall–Kier alpha value is -1.58. The molecule has 0 aliphatic carbocycles. The van der Waals surface area contributed by atoms with E-state index in [9.17, 15) is 9.18 Å². The molecule has 1 heterocycles. The molecule has 0 radical (unpaired) electrons. The molecule has 1 aromatic carbocycles. The second-order valence-electron chi connectivity index (χ2n) is 5.34. The van der Waals surface area contributed by atoms with Crippen LogP contribution in [0.1, 0.15) is 19.4 Å². The summed E-state index contributed by atoms with van der Waals surface area (Å²) in [4.78, 5) is 13.6. The van der Waals surface area contributed by atoms with Crippen molar-refractivity contribution in [3.63, 3.8) is 0 Å². The van der Waals surface area contributed by atoms with Crippen LogP contribution >= 0.6 is 0 Å². The summed E-state index contributed by atoms with van der Waals surface area (Å²) < 4.78 is 18.9. The fraction of sp³-hybridized carbons (Fsp3) is 0.533. The topological polar surface area (TPSA) is 29.5 Å². The van der Waals surface area contributed by atoms with Crippen molar-refractivity contribution in [1.29, 1.82) is 0 Å². The molecule has 2 rings (SSSR count). The Labute approximate surface area is 113 Å². The lowest BCUT2D eigenvalue weighted by molar-refractivity contribution is 0.0322. The summed E-state index contributed by atoms with van der Waals surface area (Å²) in [5.74, 6) is -0.263. The van der Waals surface area contributed by atoms with Crippen LogP contribution in [0, 0.1) is 11.8 Å². The molecule has 0 N–H and O–H groups in total. The first-order valence-corrected chi connectivity index (χ1v) is 6.67. The average molecular weight is 265 g/mol. The molecule has 1 fully saturated rings. The van der Waals surface area contributed by atoms with Crippen LogP contribution < -0.4 is 0 Å². The standard InChI is InChI=1S/C15H20FNO2/c1-11-8-17(9-12(2)14(11)16)15(18)19-10-13-6-4-3-5-7-13/h3-7,11-12,14H,8-10H2,1-2H3/t11-,12+,14?. The quantitative estimate of drug-likeness (QED) is 0.821. The highest BCUT2D eigenvalue weighted by Crippen LogP contribution is 2.25. The predicted molar refractivity (Wildman–Crippen MR) is 71.4 cm³/mol. The van der Waals surface area contributed by atoms with Gasteiger partial charge in [-0.15, -0.1) is 0 Å². The van der Waals surface area contributed by atoms with Crippen LogP contribution in [0.15, 0.2) is 30.3 Å². The van der Waals surface area contributed by atoms with Crippen molar-refractivity contribution < 1.29 is 13.9 Å². The molecule has 1 unspecified atom stereocenters. The smallest absolute Gasteiger partial charge is 0.410 e. The van der Waals surface area contributed by atoms with Crippen LogP contribution in [0.5, 0.6) is 0 Å². The summed E-state index contributed by atoms with van der Waals surface area (Å²) in [6.07, 6.45) is -1.19. The lowest BCUT2D eigenvalue weighted by atomic mass is 9.90. The van der Waals surface area contributed by atoms with Gasteiger partial charge in [0.25, 0.3) is 0 Å². The average Bonchev–Trinajstić information content (AvgIpc) is 2.42. The maximum absolute atomic E-state index is 13.7. The van der Waals surface area contributed by atoms with Gasteiger partial charge in [-0.25, -0.2) is 9.18 Å². The van der Waals surface area contributed by atoms with Crippen LogP contribution in [-0.2, 0) is 11.3 Å². The van der Waals surface area contributed by atoms with Gasteiger partial charge in [0.1, 0.15) is 12.8 Å². The molecule has 19 heavy (non-hydrogen) atoms. The van der Waals surface area contributed by atoms with Crippen molar-refractivity contribution in [2.45, 2.75) is 26.6 Å². The first kappa shape index (κ1) is 13.8. The molecule has 1 aromatic rings. The van der Waals surface area contributed by atoms with E-state index in [-0.39, 0.29) is 24.5 Å². The lowest BCUT2D eigenvalue weighted by Gasteiger charge is -2.36. The summed E-state index contributed by atoms with van der Waals surface area (Å²) in [5.41, 5.74) is 0.956. The van der Waals surface area contributed by atoms with E-state index in [4.69, 9.17) is 4.74 Å². The zero-order chi connectivity index (χ0) is 13.8. The van der Waals surface area contributed by atoms with Crippen molar-refractivity contribution in [3.05, 3.63) is 35.9 Å². The van der Waals surface area contributed by atoms with Gasteiger partial charge in [-0.05, 0) is 5.56 Å². The Morgan fingerprint density at radius 3 is 2.42 bits per heavy atom. The molecular weight excluding hydrogens is 245 g/mol. The molecule has 3 atom stereocenters. The number of alkyl halides is 1. The number of benzene rings is 1. The molecule has 1 saturated heterocycles. The number of amides is 1. The summed E-state index contributed by atoms with van der Waals surface area (Å²) in [6, 6.07) is 9.54. The number of carbonyl (C=O) groups excluding carboxylic acids is 1. The minimum absolute atomic E-state index is 0.131. The molecule has 4 heteroatoms. The molecule has 0 spiro atoms. The van der Waals surface area contributed by atoms with Crippen molar-refractivity contribution in [2.75, 3.05) is 13.1 Å². The summed E-state index contributed by atoms with van der Waals surface area (Å²) in [5, 5.41) is 0. The highest BCUT2D eigenvalue weighted by Gasteiger charge is 2.34. The number of piperidine rings is 1. The Bertz CT molecular complexity index is 411. The van der Waals surface area contributed by atoms with Gasteiger partial charge in [-0.1, -0.05) is 44.2 Å². The number of nitrogens with zero attached hydrogens (tertiary/aromatic N) is 1. The number of carbonyl (C=O) groups is 1. The van der Waals surface area contributed by atoms with E-state index in [1.165, 1.54) is 0 Å². The van der Waals surface area contributed by atoms with Crippen LogP contribution in [-0.4, -0.2) is 30.3 Å². The molecule has 0 bridgehead atoms. The number of rotatable bonds is 2. The summed E-state index contributed by atoms with van der Waals surface area (Å²) >= 11 is 0. The molecule has 3 nitrogen and oxygen atoms in total. The number of halogens is 1. The maximum atomic E-state index is 13.7. The molecule has 104 valence electrons. The second-order valence-corrected chi connectivity index (χ2v) is 5.34. The van der Waals surface area contributed by atoms with Crippen LogP contribution in [0.4, 0.5) is 9.18 Å². The second kappa shape index (κ2) is 6.04. The largest absolute Gasteiger partial charge is 0.445 e. The third-order valence-electron chi connectivity index (χ3n) is 3.57. The molecule has 0 aromatic heterocycles. The Balaban J connectivity index is 1.87. The van der Waals surface area contributed by atoms with Gasteiger partial charge >= 0.3 is 6.09 Å². The van der Waals surface area contributed by atoms with Gasteiger partial charge < -0.3 is 9.64 Å². The molecule has 1 aliphatic heterocycles. The molecular formula is C15H20FNO2. The Morgan fingerprint density at radius 1 is 1.26 bits per heavy atom. The third kappa shape index (κ3) is 3.46. The van der Waals surface area contributed by atoms with E-state index in [1.54, 1.807) is 4.90 Å². The van der Waals surface area contributed by atoms with Crippen molar-refractivity contribution in [1.82, 2.24) is 4.90 Å². The number of hydrogen-bond donors (Lipinski definition) is 0. The van der Waals surface area contributed by atoms with E-state index in [0.29, 0.717) is 13.1 Å². The maximum Gasteiger partial charge on any atom is 0.410 e. The van der Waals surface area contributed by atoms with E-state index in [1.807, 2.05) is 44.2 Å². The van der Waals surface area contributed by atoms with Crippen molar-refractivity contribution in [2.24, 2.45) is 11.8 Å². The third-order valence-corrected chi connectivity index (χ3v) is 3.57. The zero-order valence-corrected chi connectivity index (χ0v) is 11.4. The SMILES string of the molecule is C[C@@H]1CN(C(=O)OCc2ccccc2)C[C@H](C)C1F. The van der Waals surface area contributed by atoms with E-state index >= 15 is 0 Å². The Kier molecular flexibility index (Phi) is 4.40. The van der Waals surface area contributed by atoms with Crippen LogP contribution in [0.3, 0.4) is 0 Å². The van der Waals surface area contributed by atoms with Gasteiger partial charge in [0.2, 0.25) is 0 Å². The lowest BCUT2D eigenvalue weighted by Crippen LogP contribution is -2.48. The van der Waals surface area contributed by atoms with Gasteiger partial charge in [0, 0.05) is 24.9 Å². The normalized spacial score (nSPS) is 27.1. The first-order chi connectivity index (χ1) is 9.08. The first-order valence-electron chi connectivity index (χ1n) is 6.67. The van der Waals surface area contributed by atoms with Gasteiger partial charge in [0.05, 0.1) is 0 Å². The highest BCUT2D eigenvalue weighted by molar-refractivity contribution is 5.67. The minimum atomic E-state index is -0.835. The predicted octanol–water partition coefficient (Wildman–Crippen LogP) is 3.25. The van der Waals surface area contributed by atoms with Gasteiger partial charge in [0.15, 0.2) is 0 Å². The zero-order valence-electron chi connectivity index (χ0n) is 11.4. The summed E-state index contributed by atoms with van der Waals surface area (Å²) in [7, 11) is 0.